The molecule has 0 spiro atoms. The van der Waals surface area contributed by atoms with Crippen LogP contribution >= 0.6 is 23.8 Å². The van der Waals surface area contributed by atoms with E-state index in [1.54, 1.807) is 7.11 Å². The van der Waals surface area contributed by atoms with E-state index in [1.165, 1.54) is 0 Å². The maximum Gasteiger partial charge on any atom is 0.127 e. The third-order valence-corrected chi connectivity index (χ3v) is 4.47. The van der Waals surface area contributed by atoms with Gasteiger partial charge in [-0.05, 0) is 25.1 Å². The van der Waals surface area contributed by atoms with Gasteiger partial charge in [0.2, 0.25) is 0 Å². The van der Waals surface area contributed by atoms with Crippen molar-refractivity contribution in [2.45, 2.75) is 19.1 Å². The van der Waals surface area contributed by atoms with Crippen LogP contribution in [0.25, 0.3) is 0 Å². The molecule has 2 aromatic rings. The molecule has 23 heavy (non-hydrogen) atoms. The minimum atomic E-state index is -0.253. The zero-order chi connectivity index (χ0) is 16.4. The van der Waals surface area contributed by atoms with Gasteiger partial charge < -0.3 is 10.1 Å². The first-order chi connectivity index (χ1) is 11.1. The van der Waals surface area contributed by atoms with Crippen molar-refractivity contribution < 1.29 is 4.74 Å². The average Bonchev–Trinajstić information content (AvgIpc) is 2.71. The van der Waals surface area contributed by atoms with Crippen molar-refractivity contribution in [2.24, 2.45) is 4.99 Å². The van der Waals surface area contributed by atoms with Gasteiger partial charge in [0.15, 0.2) is 0 Å². The molecule has 2 aromatic carbocycles. The molecular weight excluding hydrogens is 328 g/mol. The summed E-state index contributed by atoms with van der Waals surface area (Å²) in [7, 11) is 1.67. The SMILES string of the molecule is COC(C)C1N=C(c2ccccc2)c2cc(Cl)ccc2NC1=S. The van der Waals surface area contributed by atoms with E-state index in [0.29, 0.717) is 10.0 Å². The number of hydrogen-bond acceptors (Lipinski definition) is 3. The smallest absolute Gasteiger partial charge is 0.127 e. The number of fused-ring (bicyclic) bond motifs is 1. The van der Waals surface area contributed by atoms with Gasteiger partial charge in [-0.1, -0.05) is 54.2 Å². The Labute approximate surface area is 146 Å². The molecule has 0 radical (unpaired) electrons. The molecule has 1 aliphatic rings. The minimum Gasteiger partial charge on any atom is -0.379 e. The predicted molar refractivity (Wildman–Crippen MR) is 100 cm³/mol. The molecule has 0 fully saturated rings. The first-order valence-corrected chi connectivity index (χ1v) is 8.15. The lowest BCUT2D eigenvalue weighted by molar-refractivity contribution is 0.113. The minimum absolute atomic E-state index is 0.126. The number of benzodiazepines with no additional fused rings is 1. The molecule has 2 unspecified atom stereocenters. The Morgan fingerprint density at radius 2 is 1.96 bits per heavy atom. The standard InChI is InChI=1S/C18H17ClN2OS/c1-11(22-2)16-18(23)20-15-9-8-13(19)10-14(15)17(21-16)12-6-4-3-5-7-12/h3-11,16H,1-2H3,(H,20,23). The van der Waals surface area contributed by atoms with Gasteiger partial charge in [0, 0.05) is 28.9 Å². The van der Waals surface area contributed by atoms with Gasteiger partial charge in [-0.25, -0.2) is 0 Å². The second kappa shape index (κ2) is 6.79. The van der Waals surface area contributed by atoms with Crippen molar-refractivity contribution in [3.63, 3.8) is 0 Å². The summed E-state index contributed by atoms with van der Waals surface area (Å²) in [5, 5.41) is 3.96. The van der Waals surface area contributed by atoms with Crippen LogP contribution in [0, 0.1) is 0 Å². The van der Waals surface area contributed by atoms with Gasteiger partial charge in [-0.2, -0.15) is 0 Å². The number of halogens is 1. The molecule has 3 rings (SSSR count). The molecule has 0 bridgehead atoms. The molecule has 0 aromatic heterocycles. The molecule has 118 valence electrons. The van der Waals surface area contributed by atoms with Crippen LogP contribution in [0.15, 0.2) is 53.5 Å². The molecule has 3 nitrogen and oxygen atoms in total. The number of ether oxygens (including phenoxy) is 1. The third-order valence-electron chi connectivity index (χ3n) is 3.90. The van der Waals surface area contributed by atoms with Crippen molar-refractivity contribution >= 4 is 40.2 Å². The summed E-state index contributed by atoms with van der Waals surface area (Å²) >= 11 is 11.7. The van der Waals surface area contributed by atoms with E-state index < -0.39 is 0 Å². The van der Waals surface area contributed by atoms with Crippen molar-refractivity contribution in [3.05, 3.63) is 64.7 Å². The highest BCUT2D eigenvalue weighted by atomic mass is 35.5. The fraction of sp³-hybridized carbons (Fsp3) is 0.222. The van der Waals surface area contributed by atoms with Crippen LogP contribution in [0.3, 0.4) is 0 Å². The largest absolute Gasteiger partial charge is 0.379 e. The molecule has 5 heteroatoms. The van der Waals surface area contributed by atoms with E-state index in [4.69, 9.17) is 33.5 Å². The molecule has 1 heterocycles. The van der Waals surface area contributed by atoms with Gasteiger partial charge >= 0.3 is 0 Å². The summed E-state index contributed by atoms with van der Waals surface area (Å²) in [5.74, 6) is 0. The predicted octanol–water partition coefficient (Wildman–Crippen LogP) is 4.33. The van der Waals surface area contributed by atoms with Crippen molar-refractivity contribution in [1.82, 2.24) is 0 Å². The highest BCUT2D eigenvalue weighted by molar-refractivity contribution is 7.80. The quantitative estimate of drug-likeness (QED) is 0.841. The molecule has 0 saturated heterocycles. The van der Waals surface area contributed by atoms with E-state index in [2.05, 4.69) is 5.32 Å². The van der Waals surface area contributed by atoms with Gasteiger partial charge in [0.25, 0.3) is 0 Å². The number of nitrogens with one attached hydrogen (secondary N) is 1. The number of hydrogen-bond donors (Lipinski definition) is 1. The normalized spacial score (nSPS) is 18.5. The van der Waals surface area contributed by atoms with Gasteiger partial charge in [0.05, 0.1) is 11.8 Å². The average molecular weight is 345 g/mol. The molecule has 2 atom stereocenters. The van der Waals surface area contributed by atoms with Crippen LogP contribution in [0.2, 0.25) is 5.02 Å². The first-order valence-electron chi connectivity index (χ1n) is 7.37. The topological polar surface area (TPSA) is 33.6 Å². The zero-order valence-electron chi connectivity index (χ0n) is 12.9. The fourth-order valence-corrected chi connectivity index (χ4v) is 3.09. The number of anilines is 1. The molecular formula is C18H17ClN2OS. The summed E-state index contributed by atoms with van der Waals surface area (Å²) < 4.78 is 5.46. The van der Waals surface area contributed by atoms with E-state index in [-0.39, 0.29) is 12.1 Å². The van der Waals surface area contributed by atoms with Crippen LogP contribution in [0.4, 0.5) is 5.69 Å². The van der Waals surface area contributed by atoms with E-state index >= 15 is 0 Å². The lowest BCUT2D eigenvalue weighted by atomic mass is 10.0. The number of benzene rings is 2. The Morgan fingerprint density at radius 1 is 1.22 bits per heavy atom. The van der Waals surface area contributed by atoms with E-state index in [1.807, 2.05) is 55.5 Å². The maximum atomic E-state index is 6.20. The fourth-order valence-electron chi connectivity index (χ4n) is 2.57. The molecule has 0 aliphatic carbocycles. The lowest BCUT2D eigenvalue weighted by Crippen LogP contribution is -2.34. The van der Waals surface area contributed by atoms with Gasteiger partial charge in [-0.3, -0.25) is 4.99 Å². The Balaban J connectivity index is 2.21. The van der Waals surface area contributed by atoms with Crippen molar-refractivity contribution in [1.29, 1.82) is 0 Å². The second-order valence-electron chi connectivity index (χ2n) is 5.41. The van der Waals surface area contributed by atoms with Crippen LogP contribution < -0.4 is 5.32 Å². The van der Waals surface area contributed by atoms with Crippen LogP contribution in [-0.2, 0) is 4.74 Å². The zero-order valence-corrected chi connectivity index (χ0v) is 14.5. The van der Waals surface area contributed by atoms with E-state index in [0.717, 1.165) is 22.5 Å². The summed E-state index contributed by atoms with van der Waals surface area (Å²) in [4.78, 5) is 5.56. The van der Waals surface area contributed by atoms with Crippen LogP contribution in [-0.4, -0.2) is 30.0 Å². The molecule has 1 aliphatic heterocycles. The number of thiocarbonyl (C=S) groups is 1. The number of rotatable bonds is 3. The second-order valence-corrected chi connectivity index (χ2v) is 6.28. The Bertz CT molecular complexity index is 761. The summed E-state index contributed by atoms with van der Waals surface area (Å²) in [6.07, 6.45) is -0.126. The number of methoxy groups -OCH3 is 1. The van der Waals surface area contributed by atoms with Crippen LogP contribution in [0.1, 0.15) is 18.1 Å². The highest BCUT2D eigenvalue weighted by Crippen LogP contribution is 2.28. The highest BCUT2D eigenvalue weighted by Gasteiger charge is 2.27. The van der Waals surface area contributed by atoms with Gasteiger partial charge in [0.1, 0.15) is 11.0 Å². The monoisotopic (exact) mass is 344 g/mol. The maximum absolute atomic E-state index is 6.20. The van der Waals surface area contributed by atoms with Crippen LogP contribution in [0.5, 0.6) is 0 Å². The van der Waals surface area contributed by atoms with Crippen molar-refractivity contribution in [3.8, 4) is 0 Å². The Hall–Kier alpha value is -1.75. The Kier molecular flexibility index (Phi) is 4.76. The molecule has 1 N–H and O–H groups in total. The molecule has 0 amide bonds. The molecule has 0 saturated carbocycles. The summed E-state index contributed by atoms with van der Waals surface area (Å²) in [5.41, 5.74) is 3.74. The Morgan fingerprint density at radius 3 is 2.65 bits per heavy atom. The van der Waals surface area contributed by atoms with Gasteiger partial charge in [-0.15, -0.1) is 0 Å². The summed E-state index contributed by atoms with van der Waals surface area (Å²) in [6.45, 7) is 1.97. The summed E-state index contributed by atoms with van der Waals surface area (Å²) in [6, 6.07) is 15.5. The number of nitrogens with zero attached hydrogens (tertiary/aromatic N) is 1. The third kappa shape index (κ3) is 3.29. The van der Waals surface area contributed by atoms with Crippen molar-refractivity contribution in [2.75, 3.05) is 12.4 Å². The number of aliphatic imine (C=N–C) groups is 1. The first kappa shape index (κ1) is 16.1. The van der Waals surface area contributed by atoms with E-state index in [9.17, 15) is 0 Å². The lowest BCUT2D eigenvalue weighted by Gasteiger charge is -2.19.